The summed E-state index contributed by atoms with van der Waals surface area (Å²) in [6.07, 6.45) is 11.1. The predicted molar refractivity (Wildman–Crippen MR) is 112 cm³/mol. The van der Waals surface area contributed by atoms with Gasteiger partial charge in [-0.3, -0.25) is 0 Å². The summed E-state index contributed by atoms with van der Waals surface area (Å²) in [6.45, 7) is 2.22. The Kier molecular flexibility index (Phi) is 6.21. The fraction of sp³-hybridized carbons (Fsp3) is 0.318. The number of rotatable bonds is 2. The number of nitrogens with zero attached hydrogens (tertiary/aromatic N) is 2. The maximum atomic E-state index is 9.47. The van der Waals surface area contributed by atoms with E-state index < -0.39 is 10.1 Å². The first-order chi connectivity index (χ1) is 13.7. The minimum absolute atomic E-state index is 0.681. The van der Waals surface area contributed by atoms with E-state index in [0.29, 0.717) is 6.26 Å². The van der Waals surface area contributed by atoms with Crippen LogP contribution in [0.1, 0.15) is 35.2 Å². The summed E-state index contributed by atoms with van der Waals surface area (Å²) in [5.74, 6) is 0. The lowest BCUT2D eigenvalue weighted by Crippen LogP contribution is -2.28. The molecule has 3 aromatic rings. The Morgan fingerprint density at radius 1 is 1.21 bits per heavy atom. The summed E-state index contributed by atoms with van der Waals surface area (Å²) in [6, 6.07) is 11.0. The second kappa shape index (κ2) is 8.49. The molecule has 1 aliphatic rings. The molecule has 154 valence electrons. The van der Waals surface area contributed by atoms with Gasteiger partial charge in [0.25, 0.3) is 10.1 Å². The molecule has 0 atom stereocenters. The summed E-state index contributed by atoms with van der Waals surface area (Å²) in [4.78, 5) is 0. The standard InChI is InChI=1S/C21H23N2.CH4O4S/c1-15-20(19-9-4-5-10-21(19)23(15)3)13-16-7-6-8-17-14-22(2)12-11-18(16)17;1-6(3,4)5-2/h4-5,9-14H,6-8H2,1-3H3;2H,1H3/q+1;/p-1. The SMILES string of the molecule is CS(=O)(=O)O[O-].Cc1c(/C=C2\CCCc3c[n+](C)ccc32)c2ccccc2n1C. The zero-order valence-electron chi connectivity index (χ0n) is 17.2. The van der Waals surface area contributed by atoms with Crippen molar-refractivity contribution < 1.29 is 22.6 Å². The average Bonchev–Trinajstić information content (AvgIpc) is 2.93. The minimum Gasteiger partial charge on any atom is -0.707 e. The van der Waals surface area contributed by atoms with Crippen molar-refractivity contribution in [2.45, 2.75) is 26.2 Å². The van der Waals surface area contributed by atoms with Gasteiger partial charge in [-0.2, -0.15) is 0 Å². The van der Waals surface area contributed by atoms with E-state index in [9.17, 15) is 8.42 Å². The van der Waals surface area contributed by atoms with E-state index in [2.05, 4.69) is 83.3 Å². The smallest absolute Gasteiger partial charge is 0.255 e. The van der Waals surface area contributed by atoms with Crippen molar-refractivity contribution in [3.05, 3.63) is 65.1 Å². The summed E-state index contributed by atoms with van der Waals surface area (Å²) in [5.41, 5.74) is 8.41. The number of benzene rings is 1. The van der Waals surface area contributed by atoms with Crippen molar-refractivity contribution in [3.8, 4) is 0 Å². The molecule has 0 saturated carbocycles. The first kappa shape index (κ1) is 21.2. The van der Waals surface area contributed by atoms with E-state index in [1.807, 2.05) is 0 Å². The van der Waals surface area contributed by atoms with Gasteiger partial charge in [0.2, 0.25) is 0 Å². The van der Waals surface area contributed by atoms with Gasteiger partial charge in [-0.15, -0.1) is 0 Å². The molecule has 4 rings (SSSR count). The fourth-order valence-electron chi connectivity index (χ4n) is 3.83. The van der Waals surface area contributed by atoms with E-state index in [0.717, 1.165) is 0 Å². The van der Waals surface area contributed by atoms with Crippen molar-refractivity contribution >= 4 is 32.7 Å². The third kappa shape index (κ3) is 4.75. The first-order valence-corrected chi connectivity index (χ1v) is 11.3. The van der Waals surface area contributed by atoms with Gasteiger partial charge in [-0.1, -0.05) is 18.2 Å². The molecule has 0 aliphatic heterocycles. The van der Waals surface area contributed by atoms with Gasteiger partial charge in [0.15, 0.2) is 12.4 Å². The molecule has 0 amide bonds. The Morgan fingerprint density at radius 2 is 1.90 bits per heavy atom. The molecule has 29 heavy (non-hydrogen) atoms. The van der Waals surface area contributed by atoms with E-state index in [1.54, 1.807) is 0 Å². The van der Waals surface area contributed by atoms with Crippen LogP contribution in [0.5, 0.6) is 0 Å². The Labute approximate surface area is 171 Å². The molecule has 2 aromatic heterocycles. The van der Waals surface area contributed by atoms with Gasteiger partial charge in [0, 0.05) is 40.8 Å². The number of hydrogen-bond donors (Lipinski definition) is 0. The summed E-state index contributed by atoms with van der Waals surface area (Å²) in [5, 5.41) is 10.2. The second-order valence-corrected chi connectivity index (χ2v) is 8.96. The molecule has 6 nitrogen and oxygen atoms in total. The van der Waals surface area contributed by atoms with Gasteiger partial charge in [-0.25, -0.2) is 13.0 Å². The lowest BCUT2D eigenvalue weighted by Gasteiger charge is -2.17. The highest BCUT2D eigenvalue weighted by Gasteiger charge is 2.18. The van der Waals surface area contributed by atoms with Crippen LogP contribution in [0, 0.1) is 6.92 Å². The Morgan fingerprint density at radius 3 is 2.59 bits per heavy atom. The van der Waals surface area contributed by atoms with E-state index in [-0.39, 0.29) is 0 Å². The molecule has 0 N–H and O–H groups in total. The van der Waals surface area contributed by atoms with Crippen LogP contribution in [0.25, 0.3) is 22.6 Å². The van der Waals surface area contributed by atoms with Gasteiger partial charge in [-0.05, 0) is 49.5 Å². The third-order valence-corrected chi connectivity index (χ3v) is 5.56. The molecule has 0 fully saturated rings. The summed E-state index contributed by atoms with van der Waals surface area (Å²) >= 11 is 0. The number of hydrogen-bond acceptors (Lipinski definition) is 4. The number of fused-ring (bicyclic) bond motifs is 2. The summed E-state index contributed by atoms with van der Waals surface area (Å²) in [7, 11) is 0.548. The molecule has 0 bridgehead atoms. The molecule has 1 aromatic carbocycles. The topological polar surface area (TPSA) is 75.2 Å². The monoisotopic (exact) mass is 414 g/mol. The predicted octanol–water partition coefficient (Wildman–Crippen LogP) is 2.43. The zero-order chi connectivity index (χ0) is 21.2. The average molecular weight is 415 g/mol. The fourth-order valence-corrected chi connectivity index (χ4v) is 3.83. The van der Waals surface area contributed by atoms with Gasteiger partial charge >= 0.3 is 0 Å². The Bertz CT molecular complexity index is 1180. The van der Waals surface area contributed by atoms with Crippen molar-refractivity contribution in [1.29, 1.82) is 0 Å². The highest BCUT2D eigenvalue weighted by molar-refractivity contribution is 7.85. The van der Waals surface area contributed by atoms with Gasteiger partial charge in [0.1, 0.15) is 7.05 Å². The van der Waals surface area contributed by atoms with Crippen LogP contribution in [-0.2, 0) is 35.0 Å². The molecule has 0 spiro atoms. The Balaban J connectivity index is 0.000000353. The zero-order valence-corrected chi connectivity index (χ0v) is 18.0. The maximum Gasteiger partial charge on any atom is 0.255 e. The highest BCUT2D eigenvalue weighted by Crippen LogP contribution is 2.34. The van der Waals surface area contributed by atoms with Crippen molar-refractivity contribution in [3.63, 3.8) is 0 Å². The minimum atomic E-state index is -3.72. The third-order valence-electron chi connectivity index (χ3n) is 5.31. The lowest BCUT2D eigenvalue weighted by molar-refractivity contribution is -0.672. The molecule has 0 saturated heterocycles. The number of pyridine rings is 1. The molecule has 2 heterocycles. The number of aryl methyl sites for hydroxylation is 3. The summed E-state index contributed by atoms with van der Waals surface area (Å²) < 4.78 is 26.0. The molecule has 7 heteroatoms. The second-order valence-electron chi connectivity index (χ2n) is 7.42. The number of allylic oxidation sites excluding steroid dienone is 1. The van der Waals surface area contributed by atoms with Crippen LogP contribution in [0.15, 0.2) is 42.7 Å². The molecular weight excluding hydrogens is 388 g/mol. The quantitative estimate of drug-likeness (QED) is 0.367. The highest BCUT2D eigenvalue weighted by atomic mass is 32.2. The van der Waals surface area contributed by atoms with Crippen LogP contribution in [0.2, 0.25) is 0 Å². The van der Waals surface area contributed by atoms with Crippen LogP contribution in [0.4, 0.5) is 0 Å². The number of aromatic nitrogens is 2. The lowest BCUT2D eigenvalue weighted by atomic mass is 9.87. The van der Waals surface area contributed by atoms with Gasteiger partial charge in [0.05, 0.1) is 6.26 Å². The molecule has 0 radical (unpaired) electrons. The normalized spacial score (nSPS) is 15.1. The first-order valence-electron chi connectivity index (χ1n) is 9.46. The van der Waals surface area contributed by atoms with Gasteiger partial charge < -0.3 is 14.2 Å². The molecule has 1 aliphatic carbocycles. The van der Waals surface area contributed by atoms with E-state index >= 15 is 0 Å². The van der Waals surface area contributed by atoms with Crippen LogP contribution in [-0.4, -0.2) is 19.2 Å². The van der Waals surface area contributed by atoms with Crippen LogP contribution in [0.3, 0.4) is 0 Å². The van der Waals surface area contributed by atoms with E-state index in [4.69, 9.17) is 5.26 Å². The molecule has 0 unspecified atom stereocenters. The molecular formula is C22H26N2O4S. The maximum absolute atomic E-state index is 9.47. The van der Waals surface area contributed by atoms with Crippen molar-refractivity contribution in [1.82, 2.24) is 4.57 Å². The van der Waals surface area contributed by atoms with Crippen molar-refractivity contribution in [2.24, 2.45) is 14.1 Å². The van der Waals surface area contributed by atoms with Crippen LogP contribution < -0.4 is 9.82 Å². The largest absolute Gasteiger partial charge is 0.707 e. The van der Waals surface area contributed by atoms with Crippen LogP contribution >= 0.6 is 0 Å². The van der Waals surface area contributed by atoms with Crippen molar-refractivity contribution in [2.75, 3.05) is 6.26 Å². The Hall–Kier alpha value is -2.48. The number of para-hydroxylation sites is 1. The van der Waals surface area contributed by atoms with E-state index in [1.165, 1.54) is 58.1 Å².